The van der Waals surface area contributed by atoms with E-state index in [2.05, 4.69) is 0 Å². The van der Waals surface area contributed by atoms with Crippen molar-refractivity contribution in [2.75, 3.05) is 12.0 Å². The lowest BCUT2D eigenvalue weighted by atomic mass is 10.1. The highest BCUT2D eigenvalue weighted by molar-refractivity contribution is 6.43. The number of anilines is 1. The first-order valence-electron chi connectivity index (χ1n) is 6.60. The molecular weight excluding hydrogens is 285 g/mol. The number of amides is 2. The molecule has 0 aromatic heterocycles. The van der Waals surface area contributed by atoms with Gasteiger partial charge in [-0.25, -0.2) is 9.29 Å². The molecule has 2 amide bonds. The average molecular weight is 297 g/mol. The van der Waals surface area contributed by atoms with Crippen molar-refractivity contribution in [1.82, 2.24) is 0 Å². The van der Waals surface area contributed by atoms with Crippen molar-refractivity contribution in [3.63, 3.8) is 0 Å². The molecular formula is C17H12FNO3. The average Bonchev–Trinajstić information content (AvgIpc) is 2.83. The normalized spacial score (nSPS) is 14.3. The summed E-state index contributed by atoms with van der Waals surface area (Å²) in [6.07, 6.45) is 1.29. The van der Waals surface area contributed by atoms with Gasteiger partial charge in [-0.15, -0.1) is 0 Å². The summed E-state index contributed by atoms with van der Waals surface area (Å²) in [4.78, 5) is 25.6. The van der Waals surface area contributed by atoms with Gasteiger partial charge in [0.15, 0.2) is 0 Å². The highest BCUT2D eigenvalue weighted by Gasteiger charge is 2.32. The molecule has 4 nitrogen and oxygen atoms in total. The van der Waals surface area contributed by atoms with E-state index >= 15 is 0 Å². The number of halogens is 1. The number of benzene rings is 2. The second-order valence-electron chi connectivity index (χ2n) is 4.74. The maximum absolute atomic E-state index is 13.0. The predicted octanol–water partition coefficient (Wildman–Crippen LogP) is 2.79. The summed E-state index contributed by atoms with van der Waals surface area (Å²) in [5.41, 5.74) is 1.27. The molecule has 2 aromatic carbocycles. The van der Waals surface area contributed by atoms with Crippen LogP contribution in [0.15, 0.2) is 54.6 Å². The van der Waals surface area contributed by atoms with E-state index in [1.54, 1.807) is 31.4 Å². The molecule has 0 atom stereocenters. The standard InChI is InChI=1S/C17H12FNO3/c1-22-14-8-2-11(3-9-14)15-10-16(20)19(17(15)21)13-6-4-12(18)5-7-13/h2-10H,1H3. The quantitative estimate of drug-likeness (QED) is 0.818. The molecule has 22 heavy (non-hydrogen) atoms. The van der Waals surface area contributed by atoms with Gasteiger partial charge in [-0.1, -0.05) is 12.1 Å². The number of carbonyl (C=O) groups excluding carboxylic acids is 2. The van der Waals surface area contributed by atoms with Crippen molar-refractivity contribution in [2.24, 2.45) is 0 Å². The maximum Gasteiger partial charge on any atom is 0.266 e. The van der Waals surface area contributed by atoms with Gasteiger partial charge in [-0.3, -0.25) is 9.59 Å². The summed E-state index contributed by atoms with van der Waals surface area (Å²) >= 11 is 0. The molecule has 0 saturated carbocycles. The first-order valence-corrected chi connectivity index (χ1v) is 6.60. The highest BCUT2D eigenvalue weighted by Crippen LogP contribution is 2.29. The van der Waals surface area contributed by atoms with E-state index < -0.39 is 17.6 Å². The molecule has 1 aliphatic heterocycles. The summed E-state index contributed by atoms with van der Waals surface area (Å²) in [5, 5.41) is 0. The Labute approximate surface area is 126 Å². The van der Waals surface area contributed by atoms with Crippen LogP contribution in [0, 0.1) is 5.82 Å². The van der Waals surface area contributed by atoms with Crippen LogP contribution in [-0.2, 0) is 9.59 Å². The molecule has 2 aromatic rings. The third kappa shape index (κ3) is 2.37. The Morgan fingerprint density at radius 3 is 2.18 bits per heavy atom. The predicted molar refractivity (Wildman–Crippen MR) is 79.9 cm³/mol. The number of ether oxygens (including phenoxy) is 1. The fourth-order valence-electron chi connectivity index (χ4n) is 2.28. The van der Waals surface area contributed by atoms with Gasteiger partial charge in [0.1, 0.15) is 11.6 Å². The van der Waals surface area contributed by atoms with E-state index in [4.69, 9.17) is 4.74 Å². The van der Waals surface area contributed by atoms with Gasteiger partial charge in [-0.05, 0) is 42.0 Å². The lowest BCUT2D eigenvalue weighted by Gasteiger charge is -2.14. The molecule has 1 heterocycles. The summed E-state index contributed by atoms with van der Waals surface area (Å²) in [6.45, 7) is 0. The van der Waals surface area contributed by atoms with Crippen LogP contribution in [0.25, 0.3) is 5.57 Å². The van der Waals surface area contributed by atoms with Crippen LogP contribution in [-0.4, -0.2) is 18.9 Å². The van der Waals surface area contributed by atoms with Gasteiger partial charge in [-0.2, -0.15) is 0 Å². The van der Waals surface area contributed by atoms with Crippen LogP contribution in [0.3, 0.4) is 0 Å². The van der Waals surface area contributed by atoms with Crippen LogP contribution in [0.2, 0.25) is 0 Å². The Hall–Kier alpha value is -2.95. The van der Waals surface area contributed by atoms with Crippen molar-refractivity contribution < 1.29 is 18.7 Å². The molecule has 1 aliphatic rings. The Balaban J connectivity index is 1.92. The monoisotopic (exact) mass is 297 g/mol. The zero-order chi connectivity index (χ0) is 15.7. The van der Waals surface area contributed by atoms with Crippen LogP contribution in [0.1, 0.15) is 5.56 Å². The van der Waals surface area contributed by atoms with E-state index in [0.717, 1.165) is 4.90 Å². The molecule has 110 valence electrons. The van der Waals surface area contributed by atoms with Crippen LogP contribution in [0.5, 0.6) is 5.75 Å². The van der Waals surface area contributed by atoms with E-state index in [1.165, 1.54) is 30.3 Å². The zero-order valence-corrected chi connectivity index (χ0v) is 11.7. The number of hydrogen-bond donors (Lipinski definition) is 0. The molecule has 0 radical (unpaired) electrons. The first kappa shape index (κ1) is 14.0. The minimum atomic E-state index is -0.442. The Bertz CT molecular complexity index is 763. The minimum Gasteiger partial charge on any atom is -0.497 e. The van der Waals surface area contributed by atoms with Gasteiger partial charge < -0.3 is 4.74 Å². The molecule has 0 bridgehead atoms. The zero-order valence-electron chi connectivity index (χ0n) is 11.7. The summed E-state index contributed by atoms with van der Waals surface area (Å²) in [5.74, 6) is -0.633. The van der Waals surface area contributed by atoms with Gasteiger partial charge >= 0.3 is 0 Å². The second kappa shape index (κ2) is 5.44. The minimum absolute atomic E-state index is 0.303. The van der Waals surface area contributed by atoms with E-state index in [9.17, 15) is 14.0 Å². The fourth-order valence-corrected chi connectivity index (χ4v) is 2.28. The molecule has 5 heteroatoms. The largest absolute Gasteiger partial charge is 0.497 e. The highest BCUT2D eigenvalue weighted by atomic mass is 19.1. The van der Waals surface area contributed by atoms with Gasteiger partial charge in [0, 0.05) is 6.08 Å². The number of imide groups is 1. The Morgan fingerprint density at radius 2 is 1.59 bits per heavy atom. The summed E-state index contributed by atoms with van der Waals surface area (Å²) < 4.78 is 18.0. The number of nitrogens with zero attached hydrogens (tertiary/aromatic N) is 1. The van der Waals surface area contributed by atoms with Gasteiger partial charge in [0.25, 0.3) is 11.8 Å². The maximum atomic E-state index is 13.0. The number of rotatable bonds is 3. The van der Waals surface area contributed by atoms with E-state index in [1.807, 2.05) is 0 Å². The molecule has 0 unspecified atom stereocenters. The van der Waals surface area contributed by atoms with E-state index in [-0.39, 0.29) is 0 Å². The molecule has 0 fully saturated rings. The first-order chi connectivity index (χ1) is 10.6. The molecule has 3 rings (SSSR count). The SMILES string of the molecule is COc1ccc(C2=CC(=O)N(c3ccc(F)cc3)C2=O)cc1. The third-order valence-electron chi connectivity index (χ3n) is 3.41. The summed E-state index contributed by atoms with van der Waals surface area (Å²) in [6, 6.07) is 12.1. The second-order valence-corrected chi connectivity index (χ2v) is 4.74. The third-order valence-corrected chi connectivity index (χ3v) is 3.41. The van der Waals surface area contributed by atoms with Crippen molar-refractivity contribution >= 4 is 23.1 Å². The number of methoxy groups -OCH3 is 1. The van der Waals surface area contributed by atoms with Crippen molar-refractivity contribution in [2.45, 2.75) is 0 Å². The number of hydrogen-bond acceptors (Lipinski definition) is 3. The Kier molecular flexibility index (Phi) is 3.47. The summed E-state index contributed by atoms with van der Waals surface area (Å²) in [7, 11) is 1.55. The van der Waals surface area contributed by atoms with Crippen LogP contribution < -0.4 is 9.64 Å². The topological polar surface area (TPSA) is 46.6 Å². The van der Waals surface area contributed by atoms with Gasteiger partial charge in [0.05, 0.1) is 18.4 Å². The van der Waals surface area contributed by atoms with E-state index in [0.29, 0.717) is 22.6 Å². The smallest absolute Gasteiger partial charge is 0.266 e. The van der Waals surface area contributed by atoms with Gasteiger partial charge in [0.2, 0.25) is 0 Å². The van der Waals surface area contributed by atoms with Crippen LogP contribution in [0.4, 0.5) is 10.1 Å². The lowest BCUT2D eigenvalue weighted by Crippen LogP contribution is -2.30. The molecule has 0 saturated heterocycles. The Morgan fingerprint density at radius 1 is 0.955 bits per heavy atom. The molecule has 0 aliphatic carbocycles. The lowest BCUT2D eigenvalue weighted by molar-refractivity contribution is -0.119. The van der Waals surface area contributed by atoms with Crippen molar-refractivity contribution in [3.05, 3.63) is 66.0 Å². The number of carbonyl (C=O) groups is 2. The molecule has 0 N–H and O–H groups in total. The van der Waals surface area contributed by atoms with Crippen molar-refractivity contribution in [1.29, 1.82) is 0 Å². The van der Waals surface area contributed by atoms with Crippen LogP contribution >= 0.6 is 0 Å². The molecule has 0 spiro atoms. The van der Waals surface area contributed by atoms with Crippen molar-refractivity contribution in [3.8, 4) is 5.75 Å². The fraction of sp³-hybridized carbons (Fsp3) is 0.0588.